The molecule has 30 heavy (non-hydrogen) atoms. The fraction of sp³-hybridized carbons (Fsp3) is 0.583. The third-order valence-electron chi connectivity index (χ3n) is 6.84. The summed E-state index contributed by atoms with van der Waals surface area (Å²) >= 11 is 0. The Kier molecular flexibility index (Phi) is 5.96. The lowest BCUT2D eigenvalue weighted by Crippen LogP contribution is -2.45. The summed E-state index contributed by atoms with van der Waals surface area (Å²) in [6, 6.07) is 6.95. The first kappa shape index (κ1) is 21.0. The zero-order valence-corrected chi connectivity index (χ0v) is 18.4. The van der Waals surface area contributed by atoms with Crippen LogP contribution in [0.15, 0.2) is 36.8 Å². The molecule has 0 N–H and O–H groups in total. The number of carbonyl (C=O) groups excluding carboxylic acids is 1. The number of carbonyl (C=O) groups is 1. The van der Waals surface area contributed by atoms with Crippen molar-refractivity contribution in [1.29, 1.82) is 0 Å². The average molecular weight is 413 g/mol. The molecule has 162 valence electrons. The molecule has 1 atom stereocenters. The normalized spacial score (nSPS) is 21.8. The van der Waals surface area contributed by atoms with E-state index in [0.29, 0.717) is 11.8 Å². The van der Waals surface area contributed by atoms with E-state index in [9.17, 15) is 9.18 Å². The fourth-order valence-corrected chi connectivity index (χ4v) is 5.14. The Hall–Kier alpha value is -2.21. The maximum Gasteiger partial charge on any atom is 0.229 e. The van der Waals surface area contributed by atoms with Crippen LogP contribution in [-0.2, 0) is 24.8 Å². The Morgan fingerprint density at radius 2 is 1.90 bits per heavy atom. The lowest BCUT2D eigenvalue weighted by Gasteiger charge is -2.38. The SMILES string of the molecule is CC(C)CN1C(=O)C2(CCN(Cc3cncn3C)CC2)CC1Cc1ccc(F)cc1. The first-order chi connectivity index (χ1) is 14.4. The van der Waals surface area contributed by atoms with Crippen molar-refractivity contribution in [2.45, 2.75) is 52.1 Å². The summed E-state index contributed by atoms with van der Waals surface area (Å²) in [6.07, 6.45) is 7.31. The van der Waals surface area contributed by atoms with Crippen molar-refractivity contribution in [2.24, 2.45) is 18.4 Å². The van der Waals surface area contributed by atoms with E-state index >= 15 is 0 Å². The van der Waals surface area contributed by atoms with Crippen molar-refractivity contribution < 1.29 is 9.18 Å². The lowest BCUT2D eigenvalue weighted by atomic mass is 9.75. The highest BCUT2D eigenvalue weighted by Gasteiger charge is 2.52. The number of imidazole rings is 1. The molecule has 1 aromatic heterocycles. The van der Waals surface area contributed by atoms with Gasteiger partial charge in [-0.1, -0.05) is 26.0 Å². The van der Waals surface area contributed by atoms with Crippen molar-refractivity contribution in [3.63, 3.8) is 0 Å². The minimum atomic E-state index is -0.234. The van der Waals surface area contributed by atoms with E-state index in [0.717, 1.165) is 57.4 Å². The fourth-order valence-electron chi connectivity index (χ4n) is 5.14. The van der Waals surface area contributed by atoms with Crippen LogP contribution in [0.4, 0.5) is 4.39 Å². The van der Waals surface area contributed by atoms with Gasteiger partial charge in [-0.25, -0.2) is 9.37 Å². The van der Waals surface area contributed by atoms with Gasteiger partial charge in [0.1, 0.15) is 5.82 Å². The highest BCUT2D eigenvalue weighted by atomic mass is 19.1. The molecular formula is C24H33FN4O. The van der Waals surface area contributed by atoms with E-state index in [4.69, 9.17) is 0 Å². The summed E-state index contributed by atoms with van der Waals surface area (Å²) in [5, 5.41) is 0. The molecular weight excluding hydrogens is 379 g/mol. The molecule has 2 aliphatic heterocycles. The van der Waals surface area contributed by atoms with E-state index in [2.05, 4.69) is 33.2 Å². The smallest absolute Gasteiger partial charge is 0.229 e. The Labute approximate surface area is 178 Å². The Balaban J connectivity index is 1.46. The molecule has 0 radical (unpaired) electrons. The van der Waals surface area contributed by atoms with Gasteiger partial charge in [0.2, 0.25) is 5.91 Å². The zero-order valence-electron chi connectivity index (χ0n) is 18.4. The molecule has 1 amide bonds. The van der Waals surface area contributed by atoms with Crippen LogP contribution in [0, 0.1) is 17.2 Å². The third-order valence-corrected chi connectivity index (χ3v) is 6.84. The predicted octanol–water partition coefficient (Wildman–Crippen LogP) is 3.64. The largest absolute Gasteiger partial charge is 0.339 e. The van der Waals surface area contributed by atoms with Gasteiger partial charge in [0.25, 0.3) is 0 Å². The van der Waals surface area contributed by atoms with E-state index in [1.54, 1.807) is 0 Å². The monoisotopic (exact) mass is 412 g/mol. The highest BCUT2D eigenvalue weighted by Crippen LogP contribution is 2.45. The lowest BCUT2D eigenvalue weighted by molar-refractivity contribution is -0.139. The second kappa shape index (κ2) is 8.50. The zero-order chi connectivity index (χ0) is 21.3. The van der Waals surface area contributed by atoms with Gasteiger partial charge in [0.05, 0.1) is 17.4 Å². The van der Waals surface area contributed by atoms with Crippen molar-refractivity contribution >= 4 is 5.91 Å². The molecule has 3 heterocycles. The summed E-state index contributed by atoms with van der Waals surface area (Å²) in [5.74, 6) is 0.561. The van der Waals surface area contributed by atoms with E-state index in [-0.39, 0.29) is 17.3 Å². The minimum absolute atomic E-state index is 0.203. The van der Waals surface area contributed by atoms with Crippen LogP contribution in [0.5, 0.6) is 0 Å². The van der Waals surface area contributed by atoms with Crippen LogP contribution >= 0.6 is 0 Å². The van der Waals surface area contributed by atoms with Gasteiger partial charge in [-0.15, -0.1) is 0 Å². The molecule has 2 aliphatic rings. The first-order valence-corrected chi connectivity index (χ1v) is 11.1. The quantitative estimate of drug-likeness (QED) is 0.727. The van der Waals surface area contributed by atoms with Crippen LogP contribution in [0.3, 0.4) is 0 Å². The number of aromatic nitrogens is 2. The highest BCUT2D eigenvalue weighted by molar-refractivity contribution is 5.85. The van der Waals surface area contributed by atoms with Gasteiger partial charge in [-0.05, 0) is 62.4 Å². The summed E-state index contributed by atoms with van der Waals surface area (Å²) < 4.78 is 15.4. The van der Waals surface area contributed by atoms with Crippen molar-refractivity contribution in [3.05, 3.63) is 53.9 Å². The first-order valence-electron chi connectivity index (χ1n) is 11.1. The van der Waals surface area contributed by atoms with E-state index < -0.39 is 0 Å². The molecule has 0 aliphatic carbocycles. The molecule has 5 nitrogen and oxygen atoms in total. The molecule has 4 rings (SSSR count). The van der Waals surface area contributed by atoms with Crippen LogP contribution in [0.1, 0.15) is 44.4 Å². The van der Waals surface area contributed by atoms with Gasteiger partial charge in [0, 0.05) is 32.4 Å². The minimum Gasteiger partial charge on any atom is -0.339 e. The Morgan fingerprint density at radius 3 is 2.50 bits per heavy atom. The van der Waals surface area contributed by atoms with Gasteiger partial charge >= 0.3 is 0 Å². The molecule has 2 saturated heterocycles. The third kappa shape index (κ3) is 4.29. The summed E-state index contributed by atoms with van der Waals surface area (Å²) in [5.41, 5.74) is 2.08. The molecule has 1 unspecified atom stereocenters. The standard InChI is InChI=1S/C24H33FN4O/c1-18(2)15-29-21(12-19-4-6-20(25)7-5-19)13-24(23(29)30)8-10-28(11-9-24)16-22-14-26-17-27(22)3/h4-7,14,17-18,21H,8-13,15-16H2,1-3H3. The second-order valence-corrected chi connectivity index (χ2v) is 9.59. The summed E-state index contributed by atoms with van der Waals surface area (Å²) in [7, 11) is 2.03. The maximum absolute atomic E-state index is 13.6. The van der Waals surface area contributed by atoms with Gasteiger partial charge in [-0.3, -0.25) is 9.69 Å². The van der Waals surface area contributed by atoms with Gasteiger partial charge in [0.15, 0.2) is 0 Å². The van der Waals surface area contributed by atoms with Crippen LogP contribution < -0.4 is 0 Å². The number of hydrogen-bond donors (Lipinski definition) is 0. The van der Waals surface area contributed by atoms with E-state index in [1.807, 2.05) is 31.7 Å². The average Bonchev–Trinajstić information content (AvgIpc) is 3.22. The van der Waals surface area contributed by atoms with Crippen molar-refractivity contribution in [1.82, 2.24) is 19.4 Å². The number of hydrogen-bond acceptors (Lipinski definition) is 3. The molecule has 6 heteroatoms. The number of nitrogens with zero attached hydrogens (tertiary/aromatic N) is 4. The number of aryl methyl sites for hydroxylation is 1. The number of halogens is 1. The maximum atomic E-state index is 13.6. The van der Waals surface area contributed by atoms with Crippen LogP contribution in [0.25, 0.3) is 0 Å². The van der Waals surface area contributed by atoms with Crippen molar-refractivity contribution in [2.75, 3.05) is 19.6 Å². The summed E-state index contributed by atoms with van der Waals surface area (Å²) in [4.78, 5) is 22.4. The molecule has 1 spiro atoms. The number of benzene rings is 1. The Bertz CT molecular complexity index is 868. The molecule has 1 aromatic carbocycles. The van der Waals surface area contributed by atoms with Crippen LogP contribution in [0.2, 0.25) is 0 Å². The number of rotatable bonds is 6. The summed E-state index contributed by atoms with van der Waals surface area (Å²) in [6.45, 7) is 7.90. The number of amides is 1. The van der Waals surface area contributed by atoms with Crippen LogP contribution in [-0.4, -0.2) is 50.9 Å². The van der Waals surface area contributed by atoms with Gasteiger partial charge in [-0.2, -0.15) is 0 Å². The predicted molar refractivity (Wildman–Crippen MR) is 115 cm³/mol. The molecule has 2 fully saturated rings. The topological polar surface area (TPSA) is 41.4 Å². The molecule has 0 saturated carbocycles. The van der Waals surface area contributed by atoms with Gasteiger partial charge < -0.3 is 9.47 Å². The molecule has 2 aromatic rings. The molecule has 0 bridgehead atoms. The Morgan fingerprint density at radius 1 is 1.20 bits per heavy atom. The second-order valence-electron chi connectivity index (χ2n) is 9.59. The number of likely N-dealkylation sites (tertiary alicyclic amines) is 2. The van der Waals surface area contributed by atoms with Crippen molar-refractivity contribution in [3.8, 4) is 0 Å². The van der Waals surface area contributed by atoms with E-state index in [1.165, 1.54) is 17.8 Å². The number of piperidine rings is 1.